The number of benzene rings is 1. The summed E-state index contributed by atoms with van der Waals surface area (Å²) in [5.74, 6) is -1.25. The van der Waals surface area contributed by atoms with E-state index in [-0.39, 0.29) is 18.3 Å². The van der Waals surface area contributed by atoms with Crippen molar-refractivity contribution in [1.82, 2.24) is 0 Å². The summed E-state index contributed by atoms with van der Waals surface area (Å²) < 4.78 is 19.4. The number of halogens is 2. The van der Waals surface area contributed by atoms with Crippen molar-refractivity contribution in [2.24, 2.45) is 5.41 Å². The number of carboxylic acids is 1. The maximum absolute atomic E-state index is 13.2. The second-order valence-electron chi connectivity index (χ2n) is 4.64. The Labute approximate surface area is 113 Å². The van der Waals surface area contributed by atoms with E-state index in [2.05, 4.69) is 15.9 Å². The average Bonchev–Trinajstić information content (AvgIpc) is 2.67. The van der Waals surface area contributed by atoms with Gasteiger partial charge in [0.25, 0.3) is 0 Å². The molecule has 1 heterocycles. The molecular formula is C13H14BrFO3. The highest BCUT2D eigenvalue weighted by Gasteiger charge is 2.48. The molecule has 1 aromatic carbocycles. The van der Waals surface area contributed by atoms with E-state index in [0.29, 0.717) is 18.6 Å². The van der Waals surface area contributed by atoms with Gasteiger partial charge in [0.05, 0.1) is 11.5 Å². The zero-order valence-corrected chi connectivity index (χ0v) is 11.5. The lowest BCUT2D eigenvalue weighted by atomic mass is 9.76. The largest absolute Gasteiger partial charge is 0.481 e. The molecule has 5 heteroatoms. The zero-order valence-electron chi connectivity index (χ0n) is 9.95. The van der Waals surface area contributed by atoms with Crippen molar-refractivity contribution in [3.63, 3.8) is 0 Å². The number of carboxylic acid groups (broad SMARTS) is 1. The normalized spacial score (nSPS) is 27.4. The third-order valence-electron chi connectivity index (χ3n) is 3.63. The van der Waals surface area contributed by atoms with E-state index < -0.39 is 11.4 Å². The van der Waals surface area contributed by atoms with Gasteiger partial charge < -0.3 is 9.84 Å². The van der Waals surface area contributed by atoms with Crippen LogP contribution in [0.4, 0.5) is 4.39 Å². The van der Waals surface area contributed by atoms with E-state index in [1.54, 1.807) is 13.0 Å². The number of hydrogen-bond acceptors (Lipinski definition) is 2. The van der Waals surface area contributed by atoms with Crippen molar-refractivity contribution in [1.29, 1.82) is 0 Å². The van der Waals surface area contributed by atoms with E-state index in [4.69, 9.17) is 4.74 Å². The predicted molar refractivity (Wildman–Crippen MR) is 67.9 cm³/mol. The zero-order chi connectivity index (χ0) is 13.3. The first kappa shape index (κ1) is 13.5. The van der Waals surface area contributed by atoms with Gasteiger partial charge in [0.1, 0.15) is 5.82 Å². The highest BCUT2D eigenvalue weighted by molar-refractivity contribution is 9.10. The number of ether oxygens (including phenoxy) is 1. The van der Waals surface area contributed by atoms with Gasteiger partial charge >= 0.3 is 5.97 Å². The van der Waals surface area contributed by atoms with Gasteiger partial charge in [0.2, 0.25) is 0 Å². The first-order valence-electron chi connectivity index (χ1n) is 5.74. The minimum absolute atomic E-state index is 0.266. The molecule has 0 spiro atoms. The molecule has 0 bridgehead atoms. The molecule has 0 aliphatic carbocycles. The molecule has 18 heavy (non-hydrogen) atoms. The van der Waals surface area contributed by atoms with Crippen molar-refractivity contribution in [3.05, 3.63) is 34.1 Å². The second-order valence-corrected chi connectivity index (χ2v) is 5.49. The Kier molecular flexibility index (Phi) is 3.73. The Morgan fingerprint density at radius 1 is 1.67 bits per heavy atom. The van der Waals surface area contributed by atoms with E-state index >= 15 is 0 Å². The van der Waals surface area contributed by atoms with Crippen LogP contribution < -0.4 is 0 Å². The molecule has 2 atom stereocenters. The summed E-state index contributed by atoms with van der Waals surface area (Å²) in [5.41, 5.74) is -0.300. The smallest absolute Gasteiger partial charge is 0.312 e. The molecule has 1 saturated heterocycles. The number of hydrogen-bond donors (Lipinski definition) is 1. The lowest BCUT2D eigenvalue weighted by Crippen LogP contribution is -2.39. The van der Waals surface area contributed by atoms with Crippen molar-refractivity contribution >= 4 is 21.9 Å². The standard InChI is InChI=1S/C13H14BrFO3/c1-8-13(12(16)17,4-5-18-8)7-9-6-10(15)2-3-11(9)14/h2-3,6,8H,4-5,7H2,1H3,(H,16,17). The summed E-state index contributed by atoms with van der Waals surface area (Å²) in [5, 5.41) is 9.47. The van der Waals surface area contributed by atoms with Crippen LogP contribution in [0.25, 0.3) is 0 Å². The SMILES string of the molecule is CC1OCCC1(Cc1cc(F)ccc1Br)C(=O)O. The van der Waals surface area contributed by atoms with Crippen molar-refractivity contribution in [3.8, 4) is 0 Å². The van der Waals surface area contributed by atoms with E-state index in [0.717, 1.165) is 4.47 Å². The minimum Gasteiger partial charge on any atom is -0.481 e. The average molecular weight is 317 g/mol. The summed E-state index contributed by atoms with van der Waals surface area (Å²) in [7, 11) is 0. The van der Waals surface area contributed by atoms with Crippen LogP contribution in [0.3, 0.4) is 0 Å². The van der Waals surface area contributed by atoms with Gasteiger partial charge in [-0.3, -0.25) is 4.79 Å². The van der Waals surface area contributed by atoms with Crippen LogP contribution >= 0.6 is 15.9 Å². The molecule has 1 aliphatic rings. The van der Waals surface area contributed by atoms with Crippen LogP contribution in [-0.4, -0.2) is 23.8 Å². The highest BCUT2D eigenvalue weighted by Crippen LogP contribution is 2.40. The lowest BCUT2D eigenvalue weighted by Gasteiger charge is -2.27. The lowest BCUT2D eigenvalue weighted by molar-refractivity contribution is -0.151. The Balaban J connectivity index is 2.35. The third-order valence-corrected chi connectivity index (χ3v) is 4.41. The summed E-state index contributed by atoms with van der Waals surface area (Å²) >= 11 is 3.33. The number of carbonyl (C=O) groups is 1. The minimum atomic E-state index is -0.962. The summed E-state index contributed by atoms with van der Waals surface area (Å²) in [6, 6.07) is 4.32. The van der Waals surface area contributed by atoms with E-state index in [9.17, 15) is 14.3 Å². The van der Waals surface area contributed by atoms with E-state index in [1.165, 1.54) is 12.1 Å². The molecule has 1 N–H and O–H groups in total. The van der Waals surface area contributed by atoms with Gasteiger partial charge in [-0.25, -0.2) is 4.39 Å². The monoisotopic (exact) mass is 316 g/mol. The maximum Gasteiger partial charge on any atom is 0.312 e. The van der Waals surface area contributed by atoms with Gasteiger partial charge in [-0.2, -0.15) is 0 Å². The van der Waals surface area contributed by atoms with Crippen LogP contribution in [-0.2, 0) is 16.0 Å². The second kappa shape index (κ2) is 4.97. The Hall–Kier alpha value is -0.940. The maximum atomic E-state index is 13.2. The molecule has 0 radical (unpaired) electrons. The summed E-state index contributed by atoms with van der Waals surface area (Å²) in [6.07, 6.45) is 0.346. The fraction of sp³-hybridized carbons (Fsp3) is 0.462. The van der Waals surface area contributed by atoms with Crippen LogP contribution in [0.5, 0.6) is 0 Å². The quantitative estimate of drug-likeness (QED) is 0.932. The molecule has 3 nitrogen and oxygen atoms in total. The molecule has 1 aliphatic heterocycles. The van der Waals surface area contributed by atoms with Gasteiger partial charge in [0.15, 0.2) is 0 Å². The molecule has 0 saturated carbocycles. The van der Waals surface area contributed by atoms with Crippen molar-refractivity contribution < 1.29 is 19.0 Å². The van der Waals surface area contributed by atoms with Gasteiger partial charge in [-0.05, 0) is 43.5 Å². The molecule has 0 amide bonds. The topological polar surface area (TPSA) is 46.5 Å². The van der Waals surface area contributed by atoms with E-state index in [1.807, 2.05) is 0 Å². The fourth-order valence-corrected chi connectivity index (χ4v) is 2.77. The van der Waals surface area contributed by atoms with Crippen LogP contribution in [0.15, 0.2) is 22.7 Å². The van der Waals surface area contributed by atoms with Gasteiger partial charge in [0, 0.05) is 11.1 Å². The molecule has 1 fully saturated rings. The molecule has 2 unspecified atom stereocenters. The fourth-order valence-electron chi connectivity index (χ4n) is 2.39. The molecule has 98 valence electrons. The summed E-state index contributed by atoms with van der Waals surface area (Å²) in [6.45, 7) is 2.19. The predicted octanol–water partition coefficient (Wildman–Crippen LogP) is 3.01. The molecule has 2 rings (SSSR count). The van der Waals surface area contributed by atoms with Crippen LogP contribution in [0.2, 0.25) is 0 Å². The first-order chi connectivity index (χ1) is 8.45. The first-order valence-corrected chi connectivity index (χ1v) is 6.54. The number of rotatable bonds is 3. The molecule has 1 aromatic rings. The highest BCUT2D eigenvalue weighted by atomic mass is 79.9. The van der Waals surface area contributed by atoms with Crippen LogP contribution in [0.1, 0.15) is 18.9 Å². The molecule has 0 aromatic heterocycles. The Morgan fingerprint density at radius 2 is 2.39 bits per heavy atom. The Morgan fingerprint density at radius 3 is 2.94 bits per heavy atom. The number of aliphatic carboxylic acids is 1. The summed E-state index contributed by atoms with van der Waals surface area (Å²) in [4.78, 5) is 11.5. The third kappa shape index (κ3) is 2.29. The molecular weight excluding hydrogens is 303 g/mol. The Bertz CT molecular complexity index is 477. The van der Waals surface area contributed by atoms with Gasteiger partial charge in [-0.1, -0.05) is 15.9 Å². The van der Waals surface area contributed by atoms with Crippen LogP contribution in [0, 0.1) is 11.2 Å². The van der Waals surface area contributed by atoms with Crippen molar-refractivity contribution in [2.45, 2.75) is 25.9 Å². The van der Waals surface area contributed by atoms with Crippen molar-refractivity contribution in [2.75, 3.05) is 6.61 Å². The van der Waals surface area contributed by atoms with Gasteiger partial charge in [-0.15, -0.1) is 0 Å².